The highest BCUT2D eigenvalue weighted by molar-refractivity contribution is 4.95. The molecular formula is C14H23F7O. The Morgan fingerprint density at radius 2 is 1.23 bits per heavy atom. The molecule has 0 saturated carbocycles. The first-order chi connectivity index (χ1) is 9.77. The van der Waals surface area contributed by atoms with Gasteiger partial charge in [-0.25, -0.2) is 0 Å². The van der Waals surface area contributed by atoms with Crippen LogP contribution in [0, 0.1) is 0 Å². The molecule has 0 radical (unpaired) electrons. The summed E-state index contributed by atoms with van der Waals surface area (Å²) in [5, 5.41) is 9.70. The van der Waals surface area contributed by atoms with E-state index in [-0.39, 0.29) is 6.42 Å². The molecule has 0 aromatic heterocycles. The molecule has 0 aliphatic heterocycles. The first-order valence-electron chi connectivity index (χ1n) is 7.31. The van der Waals surface area contributed by atoms with Crippen LogP contribution in [-0.2, 0) is 0 Å². The van der Waals surface area contributed by atoms with Gasteiger partial charge in [-0.05, 0) is 13.3 Å². The number of alkyl halides is 7. The minimum absolute atomic E-state index is 0.247. The highest BCUT2D eigenvalue weighted by atomic mass is 19.4. The molecule has 1 nitrogen and oxygen atoms in total. The van der Waals surface area contributed by atoms with Gasteiger partial charge in [-0.3, -0.25) is 0 Å². The zero-order chi connectivity index (χ0) is 17.7. The van der Waals surface area contributed by atoms with Gasteiger partial charge in [0.15, 0.2) is 0 Å². The summed E-state index contributed by atoms with van der Waals surface area (Å²) in [6.45, 7) is 2.87. The van der Waals surface area contributed by atoms with E-state index in [0.29, 0.717) is 12.8 Å². The van der Waals surface area contributed by atoms with Crippen LogP contribution in [0.5, 0.6) is 0 Å². The Morgan fingerprint density at radius 3 is 1.68 bits per heavy atom. The number of unbranched alkanes of at least 4 members (excludes halogenated alkanes) is 5. The predicted molar refractivity (Wildman–Crippen MR) is 69.2 cm³/mol. The number of halogens is 7. The van der Waals surface area contributed by atoms with E-state index in [4.69, 9.17) is 0 Å². The zero-order valence-electron chi connectivity index (χ0n) is 12.7. The van der Waals surface area contributed by atoms with E-state index in [1.54, 1.807) is 0 Å². The fourth-order valence-corrected chi connectivity index (χ4v) is 2.17. The van der Waals surface area contributed by atoms with Gasteiger partial charge >= 0.3 is 18.0 Å². The van der Waals surface area contributed by atoms with Crippen molar-refractivity contribution in [3.63, 3.8) is 0 Å². The monoisotopic (exact) mass is 340 g/mol. The molecule has 0 amide bonds. The largest absolute Gasteiger partial charge is 0.459 e. The minimum atomic E-state index is -6.35. The fourth-order valence-electron chi connectivity index (χ4n) is 2.17. The van der Waals surface area contributed by atoms with Gasteiger partial charge in [-0.1, -0.05) is 45.4 Å². The van der Waals surface area contributed by atoms with Crippen molar-refractivity contribution in [2.24, 2.45) is 0 Å². The van der Waals surface area contributed by atoms with Gasteiger partial charge < -0.3 is 5.11 Å². The number of aliphatic hydroxyl groups is 1. The second kappa shape index (κ2) is 7.84. The Kier molecular flexibility index (Phi) is 7.65. The Balaban J connectivity index is 4.50. The second-order valence-corrected chi connectivity index (χ2v) is 5.97. The maximum Gasteiger partial charge on any atom is 0.459 e. The van der Waals surface area contributed by atoms with E-state index in [9.17, 15) is 35.8 Å². The van der Waals surface area contributed by atoms with E-state index >= 15 is 0 Å². The van der Waals surface area contributed by atoms with Crippen molar-refractivity contribution in [3.05, 3.63) is 0 Å². The Bertz CT molecular complexity index is 324. The van der Waals surface area contributed by atoms with Crippen molar-refractivity contribution in [1.82, 2.24) is 0 Å². The molecule has 1 unspecified atom stereocenters. The molecule has 0 aromatic carbocycles. The molecule has 22 heavy (non-hydrogen) atoms. The Hall–Kier alpha value is -0.530. The van der Waals surface area contributed by atoms with E-state index in [1.165, 1.54) is 0 Å². The molecule has 8 heteroatoms. The van der Waals surface area contributed by atoms with Gasteiger partial charge in [0.1, 0.15) is 0 Å². The van der Waals surface area contributed by atoms with Gasteiger partial charge in [0, 0.05) is 6.42 Å². The summed E-state index contributed by atoms with van der Waals surface area (Å²) < 4.78 is 88.1. The normalized spacial score (nSPS) is 16.6. The molecular weight excluding hydrogens is 317 g/mol. The quantitative estimate of drug-likeness (QED) is 0.399. The smallest absolute Gasteiger partial charge is 0.390 e. The van der Waals surface area contributed by atoms with Gasteiger partial charge in [0.2, 0.25) is 0 Å². The summed E-state index contributed by atoms with van der Waals surface area (Å²) in [7, 11) is 0. The van der Waals surface area contributed by atoms with Crippen LogP contribution in [0.25, 0.3) is 0 Å². The van der Waals surface area contributed by atoms with Crippen molar-refractivity contribution in [1.29, 1.82) is 0 Å². The lowest BCUT2D eigenvalue weighted by molar-refractivity contribution is -0.361. The summed E-state index contributed by atoms with van der Waals surface area (Å²) in [5.41, 5.74) is -2.27. The van der Waals surface area contributed by atoms with Crippen molar-refractivity contribution in [2.45, 2.75) is 88.8 Å². The third-order valence-corrected chi connectivity index (χ3v) is 3.49. The van der Waals surface area contributed by atoms with Crippen LogP contribution < -0.4 is 0 Å². The highest BCUT2D eigenvalue weighted by Crippen LogP contribution is 2.49. The number of rotatable bonds is 10. The highest BCUT2D eigenvalue weighted by Gasteiger charge is 2.73. The molecule has 134 valence electrons. The third-order valence-electron chi connectivity index (χ3n) is 3.49. The maximum absolute atomic E-state index is 13.2. The van der Waals surface area contributed by atoms with Gasteiger partial charge in [0.05, 0.1) is 5.60 Å². The Morgan fingerprint density at radius 1 is 0.773 bits per heavy atom. The molecule has 1 N–H and O–H groups in total. The van der Waals surface area contributed by atoms with Crippen LogP contribution in [0.2, 0.25) is 0 Å². The van der Waals surface area contributed by atoms with Crippen LogP contribution in [0.4, 0.5) is 30.7 Å². The summed E-state index contributed by atoms with van der Waals surface area (Å²) >= 11 is 0. The first-order valence-corrected chi connectivity index (χ1v) is 7.31. The third kappa shape index (κ3) is 6.30. The standard InChI is InChI=1S/C14H23F7O/c1-3-4-5-6-7-8-9-11(2,22)10-12(15,16)13(17,18)14(19,20)21/h22H,3-10H2,1-2H3. The zero-order valence-corrected chi connectivity index (χ0v) is 12.7. The molecule has 0 bridgehead atoms. The van der Waals surface area contributed by atoms with Gasteiger partial charge in [0.25, 0.3) is 0 Å². The number of hydrogen-bond donors (Lipinski definition) is 1. The first kappa shape index (κ1) is 21.5. The van der Waals surface area contributed by atoms with E-state index in [1.807, 2.05) is 6.92 Å². The molecule has 0 saturated heterocycles. The van der Waals surface area contributed by atoms with Crippen LogP contribution in [0.1, 0.15) is 65.2 Å². The van der Waals surface area contributed by atoms with E-state index in [0.717, 1.165) is 32.6 Å². The summed E-state index contributed by atoms with van der Waals surface area (Å²) in [5.74, 6) is -11.5. The second-order valence-electron chi connectivity index (χ2n) is 5.97. The molecule has 0 aliphatic carbocycles. The fraction of sp³-hybridized carbons (Fsp3) is 1.00. The molecule has 0 aliphatic rings. The lowest BCUT2D eigenvalue weighted by Gasteiger charge is -2.33. The molecule has 0 heterocycles. The average molecular weight is 340 g/mol. The molecule has 0 rings (SSSR count). The summed E-state index contributed by atoms with van der Waals surface area (Å²) in [6.07, 6.45) is -3.87. The predicted octanol–water partition coefficient (Wildman–Crippen LogP) is 5.71. The van der Waals surface area contributed by atoms with Crippen molar-refractivity contribution >= 4 is 0 Å². The Labute approximate surface area is 125 Å². The molecule has 1 atom stereocenters. The minimum Gasteiger partial charge on any atom is -0.390 e. The lowest BCUT2D eigenvalue weighted by Crippen LogP contribution is -2.54. The van der Waals surface area contributed by atoms with Crippen LogP contribution in [0.15, 0.2) is 0 Å². The van der Waals surface area contributed by atoms with Gasteiger partial charge in [-0.15, -0.1) is 0 Å². The number of hydrogen-bond acceptors (Lipinski definition) is 1. The molecule has 0 fully saturated rings. The topological polar surface area (TPSA) is 20.2 Å². The summed E-state index contributed by atoms with van der Waals surface area (Å²) in [4.78, 5) is 0. The van der Waals surface area contributed by atoms with Crippen LogP contribution in [0.3, 0.4) is 0 Å². The summed E-state index contributed by atoms with van der Waals surface area (Å²) in [6, 6.07) is 0. The van der Waals surface area contributed by atoms with E-state index < -0.39 is 30.0 Å². The van der Waals surface area contributed by atoms with E-state index in [2.05, 4.69) is 0 Å². The average Bonchev–Trinajstić information content (AvgIpc) is 2.30. The lowest BCUT2D eigenvalue weighted by atomic mass is 9.89. The van der Waals surface area contributed by atoms with Crippen molar-refractivity contribution in [3.8, 4) is 0 Å². The van der Waals surface area contributed by atoms with Crippen LogP contribution in [-0.4, -0.2) is 28.7 Å². The maximum atomic E-state index is 13.2. The SMILES string of the molecule is CCCCCCCCC(C)(O)CC(F)(F)C(F)(F)C(F)(F)F. The van der Waals surface area contributed by atoms with Crippen molar-refractivity contribution < 1.29 is 35.8 Å². The molecule has 0 aromatic rings. The van der Waals surface area contributed by atoms with Crippen molar-refractivity contribution in [2.75, 3.05) is 0 Å². The van der Waals surface area contributed by atoms with Crippen LogP contribution >= 0.6 is 0 Å². The molecule has 0 spiro atoms. The van der Waals surface area contributed by atoms with Gasteiger partial charge in [-0.2, -0.15) is 30.7 Å².